The van der Waals surface area contributed by atoms with Gasteiger partial charge in [0.25, 0.3) is 0 Å². The molecule has 0 aliphatic rings. The Morgan fingerprint density at radius 2 is 1.95 bits per heavy atom. The number of halogens is 1. The lowest BCUT2D eigenvalue weighted by Crippen LogP contribution is -2.18. The summed E-state index contributed by atoms with van der Waals surface area (Å²) >= 11 is 3.53. The molecule has 0 amide bonds. The number of aryl methyl sites for hydroxylation is 2. The van der Waals surface area contributed by atoms with Crippen molar-refractivity contribution < 1.29 is 0 Å². The summed E-state index contributed by atoms with van der Waals surface area (Å²) in [5.74, 6) is 0. The molecule has 0 aliphatic heterocycles. The van der Waals surface area contributed by atoms with Crippen LogP contribution in [0, 0.1) is 6.92 Å². The van der Waals surface area contributed by atoms with Crippen molar-refractivity contribution in [1.29, 1.82) is 0 Å². The molecule has 1 nitrogen and oxygen atoms in total. The molecule has 2 aromatic rings. The zero-order valence-electron chi connectivity index (χ0n) is 11.7. The van der Waals surface area contributed by atoms with Gasteiger partial charge in [0.15, 0.2) is 0 Å². The molecular weight excluding hydrogens is 298 g/mol. The molecule has 1 N–H and O–H groups in total. The second-order valence-corrected chi connectivity index (χ2v) is 5.74. The Bertz CT molecular complexity index is 563. The molecule has 2 heteroatoms. The van der Waals surface area contributed by atoms with Crippen LogP contribution in [0.25, 0.3) is 0 Å². The van der Waals surface area contributed by atoms with E-state index in [1.807, 2.05) is 7.05 Å². The van der Waals surface area contributed by atoms with E-state index >= 15 is 0 Å². The lowest BCUT2D eigenvalue weighted by molar-refractivity contribution is 0.686. The highest BCUT2D eigenvalue weighted by Gasteiger charge is 2.14. The van der Waals surface area contributed by atoms with Gasteiger partial charge in [-0.05, 0) is 54.8 Å². The van der Waals surface area contributed by atoms with Crippen LogP contribution < -0.4 is 5.32 Å². The second-order valence-electron chi connectivity index (χ2n) is 4.82. The molecule has 2 aromatic carbocycles. The molecular formula is C17H20BrN. The van der Waals surface area contributed by atoms with Crippen molar-refractivity contribution >= 4 is 15.9 Å². The van der Waals surface area contributed by atoms with Crippen molar-refractivity contribution in [3.05, 3.63) is 69.2 Å². The second kappa shape index (κ2) is 6.36. The highest BCUT2D eigenvalue weighted by molar-refractivity contribution is 9.10. The van der Waals surface area contributed by atoms with Crippen molar-refractivity contribution in [3.63, 3.8) is 0 Å². The topological polar surface area (TPSA) is 12.0 Å². The molecule has 0 heterocycles. The Hall–Kier alpha value is -1.12. The van der Waals surface area contributed by atoms with Gasteiger partial charge in [0.2, 0.25) is 0 Å². The molecule has 0 aliphatic carbocycles. The summed E-state index contributed by atoms with van der Waals surface area (Å²) in [7, 11) is 2.02. The Balaban J connectivity index is 2.43. The van der Waals surface area contributed by atoms with E-state index in [9.17, 15) is 0 Å². The fraction of sp³-hybridized carbons (Fsp3) is 0.294. The molecule has 19 heavy (non-hydrogen) atoms. The molecule has 0 radical (unpaired) electrons. The number of hydrogen-bond donors (Lipinski definition) is 1. The van der Waals surface area contributed by atoms with Crippen LogP contribution in [0.15, 0.2) is 46.9 Å². The van der Waals surface area contributed by atoms with Crippen LogP contribution in [0.3, 0.4) is 0 Å². The zero-order chi connectivity index (χ0) is 13.8. The van der Waals surface area contributed by atoms with Crippen LogP contribution in [0.2, 0.25) is 0 Å². The van der Waals surface area contributed by atoms with Gasteiger partial charge in [0.05, 0.1) is 6.04 Å². The minimum Gasteiger partial charge on any atom is -0.309 e. The predicted octanol–water partition coefficient (Wildman–Crippen LogP) is 4.63. The van der Waals surface area contributed by atoms with Gasteiger partial charge in [-0.25, -0.2) is 0 Å². The smallest absolute Gasteiger partial charge is 0.0577 e. The highest BCUT2D eigenvalue weighted by Crippen LogP contribution is 2.27. The van der Waals surface area contributed by atoms with E-state index in [1.54, 1.807) is 0 Å². The molecule has 100 valence electrons. The van der Waals surface area contributed by atoms with Gasteiger partial charge in [-0.3, -0.25) is 0 Å². The van der Waals surface area contributed by atoms with E-state index in [1.165, 1.54) is 22.3 Å². The van der Waals surface area contributed by atoms with Crippen LogP contribution in [0.4, 0.5) is 0 Å². The van der Waals surface area contributed by atoms with E-state index in [0.29, 0.717) is 0 Å². The minimum absolute atomic E-state index is 0.250. The molecule has 0 aromatic heterocycles. The summed E-state index contributed by atoms with van der Waals surface area (Å²) in [6.07, 6.45) is 1.07. The number of nitrogens with one attached hydrogen (secondary N) is 1. The Morgan fingerprint density at radius 1 is 1.16 bits per heavy atom. The van der Waals surface area contributed by atoms with Gasteiger partial charge in [0.1, 0.15) is 0 Å². The van der Waals surface area contributed by atoms with Crippen LogP contribution in [0.5, 0.6) is 0 Å². The summed E-state index contributed by atoms with van der Waals surface area (Å²) in [6.45, 7) is 4.35. The normalized spacial score (nSPS) is 12.4. The lowest BCUT2D eigenvalue weighted by atomic mass is 9.94. The SMILES string of the molecule is CCc1cccc(C(NC)c2ccc(Br)cc2C)c1. The third kappa shape index (κ3) is 3.26. The largest absolute Gasteiger partial charge is 0.309 e. The minimum atomic E-state index is 0.250. The van der Waals surface area contributed by atoms with E-state index in [2.05, 4.69) is 77.6 Å². The van der Waals surface area contributed by atoms with Gasteiger partial charge < -0.3 is 5.32 Å². The van der Waals surface area contributed by atoms with E-state index in [-0.39, 0.29) is 6.04 Å². The molecule has 2 rings (SSSR count). The maximum atomic E-state index is 3.53. The maximum Gasteiger partial charge on any atom is 0.0577 e. The lowest BCUT2D eigenvalue weighted by Gasteiger charge is -2.20. The molecule has 0 saturated carbocycles. The molecule has 1 atom stereocenters. The first-order valence-electron chi connectivity index (χ1n) is 6.68. The quantitative estimate of drug-likeness (QED) is 0.867. The van der Waals surface area contributed by atoms with Crippen molar-refractivity contribution in [3.8, 4) is 0 Å². The molecule has 0 saturated heterocycles. The van der Waals surface area contributed by atoms with Gasteiger partial charge in [0, 0.05) is 4.47 Å². The van der Waals surface area contributed by atoms with Crippen molar-refractivity contribution in [1.82, 2.24) is 5.32 Å². The van der Waals surface area contributed by atoms with Gasteiger partial charge in [-0.1, -0.05) is 53.2 Å². The van der Waals surface area contributed by atoms with Crippen LogP contribution in [-0.4, -0.2) is 7.05 Å². The first-order valence-corrected chi connectivity index (χ1v) is 7.47. The van der Waals surface area contributed by atoms with Crippen molar-refractivity contribution in [2.24, 2.45) is 0 Å². The Labute approximate surface area is 124 Å². The first-order chi connectivity index (χ1) is 9.15. The number of rotatable bonds is 4. The first kappa shape index (κ1) is 14.3. The standard InChI is InChI=1S/C17H20BrN/c1-4-13-6-5-7-14(11-13)17(19-3)16-9-8-15(18)10-12(16)2/h5-11,17,19H,4H2,1-3H3. The Morgan fingerprint density at radius 3 is 2.58 bits per heavy atom. The highest BCUT2D eigenvalue weighted by atomic mass is 79.9. The molecule has 1 unspecified atom stereocenters. The van der Waals surface area contributed by atoms with Crippen molar-refractivity contribution in [2.75, 3.05) is 7.05 Å². The fourth-order valence-electron chi connectivity index (χ4n) is 2.46. The summed E-state index contributed by atoms with van der Waals surface area (Å²) < 4.78 is 1.13. The predicted molar refractivity (Wildman–Crippen MR) is 85.6 cm³/mol. The van der Waals surface area contributed by atoms with Gasteiger partial charge in [-0.15, -0.1) is 0 Å². The van der Waals surface area contributed by atoms with E-state index in [0.717, 1.165) is 10.9 Å². The Kier molecular flexibility index (Phi) is 4.78. The van der Waals surface area contributed by atoms with E-state index < -0.39 is 0 Å². The summed E-state index contributed by atoms with van der Waals surface area (Å²) in [5.41, 5.74) is 5.34. The summed E-state index contributed by atoms with van der Waals surface area (Å²) in [4.78, 5) is 0. The third-order valence-corrected chi connectivity index (χ3v) is 4.02. The van der Waals surface area contributed by atoms with Crippen molar-refractivity contribution in [2.45, 2.75) is 26.3 Å². The van der Waals surface area contributed by atoms with Crippen LogP contribution >= 0.6 is 15.9 Å². The van der Waals surface area contributed by atoms with Gasteiger partial charge >= 0.3 is 0 Å². The van der Waals surface area contributed by atoms with Gasteiger partial charge in [-0.2, -0.15) is 0 Å². The average molecular weight is 318 g/mol. The average Bonchev–Trinajstić information content (AvgIpc) is 2.42. The number of benzene rings is 2. The summed E-state index contributed by atoms with van der Waals surface area (Å²) in [5, 5.41) is 3.43. The van der Waals surface area contributed by atoms with Crippen LogP contribution in [-0.2, 0) is 6.42 Å². The zero-order valence-corrected chi connectivity index (χ0v) is 13.3. The fourth-order valence-corrected chi connectivity index (χ4v) is 2.93. The van der Waals surface area contributed by atoms with E-state index in [4.69, 9.17) is 0 Å². The molecule has 0 spiro atoms. The van der Waals surface area contributed by atoms with Crippen LogP contribution in [0.1, 0.15) is 35.2 Å². The summed E-state index contributed by atoms with van der Waals surface area (Å²) in [6, 6.07) is 15.5. The third-order valence-electron chi connectivity index (χ3n) is 3.52. The number of hydrogen-bond acceptors (Lipinski definition) is 1. The monoisotopic (exact) mass is 317 g/mol. The molecule has 0 fully saturated rings. The maximum absolute atomic E-state index is 3.53. The molecule has 0 bridgehead atoms.